The van der Waals surface area contributed by atoms with E-state index in [2.05, 4.69) is 10.6 Å². The molecule has 0 spiro atoms. The fraction of sp³-hybridized carbons (Fsp3) is 0.263. The first-order valence-corrected chi connectivity index (χ1v) is 11.3. The summed E-state index contributed by atoms with van der Waals surface area (Å²) in [4.78, 5) is 26.4. The van der Waals surface area contributed by atoms with E-state index < -0.39 is 9.84 Å². The summed E-state index contributed by atoms with van der Waals surface area (Å²) in [6.07, 6.45) is 1.09. The van der Waals surface area contributed by atoms with E-state index in [-0.39, 0.29) is 29.8 Å². The molecule has 0 atom stereocenters. The van der Waals surface area contributed by atoms with E-state index in [9.17, 15) is 18.0 Å². The maximum absolute atomic E-state index is 12.3. The summed E-state index contributed by atoms with van der Waals surface area (Å²) in [5.41, 5.74) is 0.681. The largest absolute Gasteiger partial charge is 0.325 e. The van der Waals surface area contributed by atoms with E-state index in [4.69, 9.17) is 23.2 Å². The lowest BCUT2D eigenvalue weighted by atomic mass is 10.3. The molecule has 156 valence electrons. The van der Waals surface area contributed by atoms with Crippen LogP contribution in [0.15, 0.2) is 47.4 Å². The number of halogens is 2. The normalized spacial score (nSPS) is 11.3. The van der Waals surface area contributed by atoms with E-state index in [1.807, 2.05) is 6.92 Å². The summed E-state index contributed by atoms with van der Waals surface area (Å²) >= 11 is 12.1. The highest BCUT2D eigenvalue weighted by molar-refractivity contribution is 7.90. The molecule has 0 aromatic heterocycles. The zero-order valence-electron chi connectivity index (χ0n) is 15.9. The number of para-hydroxylation sites is 1. The second-order valence-electron chi connectivity index (χ2n) is 6.30. The number of rotatable bonds is 8. The van der Waals surface area contributed by atoms with E-state index >= 15 is 0 Å². The third-order valence-electron chi connectivity index (χ3n) is 3.95. The molecule has 29 heavy (non-hydrogen) atoms. The number of hydrogen-bond donors (Lipinski definition) is 2. The Balaban J connectivity index is 1.97. The minimum atomic E-state index is -3.38. The second-order valence-corrected chi connectivity index (χ2v) is 9.13. The molecule has 2 aromatic carbocycles. The number of anilines is 2. The smallest absolute Gasteiger partial charge is 0.238 e. The summed E-state index contributed by atoms with van der Waals surface area (Å²) < 4.78 is 23.3. The van der Waals surface area contributed by atoms with Crippen LogP contribution in [0.1, 0.15) is 6.92 Å². The predicted molar refractivity (Wildman–Crippen MR) is 115 cm³/mol. The first kappa shape index (κ1) is 23.2. The van der Waals surface area contributed by atoms with Gasteiger partial charge in [0.25, 0.3) is 0 Å². The van der Waals surface area contributed by atoms with Gasteiger partial charge in [-0.25, -0.2) is 8.42 Å². The lowest BCUT2D eigenvalue weighted by Crippen LogP contribution is -2.38. The number of carbonyl (C=O) groups is 2. The third-order valence-corrected chi connectivity index (χ3v) is 5.69. The SMILES string of the molecule is CCN(CC(=O)Nc1cccc(S(C)(=O)=O)c1)CC(=O)Nc1c(Cl)cccc1Cl. The predicted octanol–water partition coefficient (Wildman–Crippen LogP) is 3.30. The number of amides is 2. The van der Waals surface area contributed by atoms with Gasteiger partial charge in [0.15, 0.2) is 9.84 Å². The van der Waals surface area contributed by atoms with Gasteiger partial charge in [0.1, 0.15) is 0 Å². The molecule has 0 bridgehead atoms. The van der Waals surface area contributed by atoms with Crippen molar-refractivity contribution < 1.29 is 18.0 Å². The van der Waals surface area contributed by atoms with Crippen molar-refractivity contribution in [2.24, 2.45) is 0 Å². The van der Waals surface area contributed by atoms with Crippen molar-refractivity contribution in [2.45, 2.75) is 11.8 Å². The molecule has 0 radical (unpaired) electrons. The number of nitrogens with one attached hydrogen (secondary N) is 2. The molecule has 2 rings (SSSR count). The van der Waals surface area contributed by atoms with E-state index in [0.29, 0.717) is 28.0 Å². The van der Waals surface area contributed by atoms with Crippen molar-refractivity contribution in [2.75, 3.05) is 36.5 Å². The van der Waals surface area contributed by atoms with Crippen molar-refractivity contribution >= 4 is 56.2 Å². The van der Waals surface area contributed by atoms with Crippen molar-refractivity contribution in [3.8, 4) is 0 Å². The van der Waals surface area contributed by atoms with Gasteiger partial charge in [-0.15, -0.1) is 0 Å². The molecule has 2 amide bonds. The highest BCUT2D eigenvalue weighted by atomic mass is 35.5. The van der Waals surface area contributed by atoms with Crippen molar-refractivity contribution in [1.82, 2.24) is 4.90 Å². The molecule has 0 heterocycles. The Morgan fingerprint density at radius 2 is 1.52 bits per heavy atom. The molecule has 2 aromatic rings. The molecule has 0 aliphatic carbocycles. The van der Waals surface area contributed by atoms with E-state index in [1.54, 1.807) is 35.2 Å². The molecule has 0 unspecified atom stereocenters. The van der Waals surface area contributed by atoms with Crippen LogP contribution >= 0.6 is 23.2 Å². The molecule has 0 fully saturated rings. The maximum atomic E-state index is 12.3. The van der Waals surface area contributed by atoms with Crippen molar-refractivity contribution in [3.05, 3.63) is 52.5 Å². The number of likely N-dealkylation sites (N-methyl/N-ethyl adjacent to an activating group) is 1. The van der Waals surface area contributed by atoms with Crippen LogP contribution < -0.4 is 10.6 Å². The van der Waals surface area contributed by atoms with Gasteiger partial charge in [0.2, 0.25) is 11.8 Å². The molecular weight excluding hydrogens is 437 g/mol. The molecule has 10 heteroatoms. The first-order chi connectivity index (χ1) is 13.6. The molecule has 2 N–H and O–H groups in total. The fourth-order valence-electron chi connectivity index (χ4n) is 2.49. The Labute approximate surface area is 179 Å². The molecule has 0 aliphatic heterocycles. The first-order valence-electron chi connectivity index (χ1n) is 8.66. The lowest BCUT2D eigenvalue weighted by Gasteiger charge is -2.20. The minimum absolute atomic E-state index is 0.0468. The Bertz CT molecular complexity index is 992. The molecule has 0 saturated carbocycles. The zero-order valence-corrected chi connectivity index (χ0v) is 18.2. The average molecular weight is 458 g/mol. The third kappa shape index (κ3) is 7.01. The van der Waals surface area contributed by atoms with E-state index in [1.165, 1.54) is 12.1 Å². The van der Waals surface area contributed by atoms with E-state index in [0.717, 1.165) is 6.26 Å². The number of benzene rings is 2. The Morgan fingerprint density at radius 3 is 2.07 bits per heavy atom. The van der Waals surface area contributed by atoms with Crippen LogP contribution in [0.5, 0.6) is 0 Å². The van der Waals surface area contributed by atoms with Gasteiger partial charge in [-0.1, -0.05) is 42.3 Å². The highest BCUT2D eigenvalue weighted by Gasteiger charge is 2.16. The summed E-state index contributed by atoms with van der Waals surface area (Å²) in [6.45, 7) is 2.16. The van der Waals surface area contributed by atoms with Gasteiger partial charge in [-0.2, -0.15) is 0 Å². The molecule has 7 nitrogen and oxygen atoms in total. The van der Waals surface area contributed by atoms with Gasteiger partial charge < -0.3 is 10.6 Å². The summed E-state index contributed by atoms with van der Waals surface area (Å²) in [5, 5.41) is 5.92. The van der Waals surface area contributed by atoms with Crippen LogP contribution in [-0.2, 0) is 19.4 Å². The molecular formula is C19H21Cl2N3O4S. The van der Waals surface area contributed by atoms with Gasteiger partial charge in [0, 0.05) is 11.9 Å². The highest BCUT2D eigenvalue weighted by Crippen LogP contribution is 2.29. The topological polar surface area (TPSA) is 95.6 Å². The molecule has 0 saturated heterocycles. The zero-order chi connectivity index (χ0) is 21.6. The second kappa shape index (κ2) is 10.1. The van der Waals surface area contributed by atoms with Crippen LogP contribution in [0.3, 0.4) is 0 Å². The van der Waals surface area contributed by atoms with Crippen LogP contribution in [-0.4, -0.2) is 51.0 Å². The Kier molecular flexibility index (Phi) is 8.04. The van der Waals surface area contributed by atoms with Crippen LogP contribution in [0.25, 0.3) is 0 Å². The van der Waals surface area contributed by atoms with Crippen molar-refractivity contribution in [1.29, 1.82) is 0 Å². The Hall–Kier alpha value is -2.13. The monoisotopic (exact) mass is 457 g/mol. The quantitative estimate of drug-likeness (QED) is 0.633. The fourth-order valence-corrected chi connectivity index (χ4v) is 3.65. The standard InChI is InChI=1S/C19H21Cl2N3O4S/c1-3-24(12-18(26)23-19-15(20)8-5-9-16(19)21)11-17(25)22-13-6-4-7-14(10-13)29(2,27)28/h4-10H,3,11-12H2,1-2H3,(H,22,25)(H,23,26). The molecule has 0 aliphatic rings. The van der Waals surface area contributed by atoms with Gasteiger partial charge in [0.05, 0.1) is 33.7 Å². The minimum Gasteiger partial charge on any atom is -0.325 e. The lowest BCUT2D eigenvalue weighted by molar-refractivity contribution is -0.119. The summed E-state index contributed by atoms with van der Waals surface area (Å²) in [5.74, 6) is -0.741. The average Bonchev–Trinajstić information content (AvgIpc) is 2.63. The number of nitrogens with zero attached hydrogens (tertiary/aromatic N) is 1. The van der Waals surface area contributed by atoms with Crippen LogP contribution in [0.4, 0.5) is 11.4 Å². The summed E-state index contributed by atoms with van der Waals surface area (Å²) in [7, 11) is -3.38. The van der Waals surface area contributed by atoms with Gasteiger partial charge in [-0.05, 0) is 36.9 Å². The van der Waals surface area contributed by atoms with Crippen LogP contribution in [0, 0.1) is 0 Å². The number of hydrogen-bond acceptors (Lipinski definition) is 5. The number of carbonyl (C=O) groups excluding carboxylic acids is 2. The van der Waals surface area contributed by atoms with Crippen molar-refractivity contribution in [3.63, 3.8) is 0 Å². The maximum Gasteiger partial charge on any atom is 0.238 e. The number of sulfone groups is 1. The Morgan fingerprint density at radius 1 is 0.966 bits per heavy atom. The van der Waals surface area contributed by atoms with Gasteiger partial charge in [-0.3, -0.25) is 14.5 Å². The van der Waals surface area contributed by atoms with Crippen LogP contribution in [0.2, 0.25) is 10.0 Å². The van der Waals surface area contributed by atoms with Gasteiger partial charge >= 0.3 is 0 Å². The summed E-state index contributed by atoms with van der Waals surface area (Å²) in [6, 6.07) is 10.9.